The highest BCUT2D eigenvalue weighted by atomic mass is 16.4. The highest BCUT2D eigenvalue weighted by Gasteiger charge is 1.99. The van der Waals surface area contributed by atoms with Gasteiger partial charge in [0.25, 0.3) is 0 Å². The molecule has 0 amide bonds. The van der Waals surface area contributed by atoms with Crippen LogP contribution in [-0.4, -0.2) is 22.2 Å². The van der Waals surface area contributed by atoms with Gasteiger partial charge in [-0.1, -0.05) is 44.2 Å². The lowest BCUT2D eigenvalue weighted by Crippen LogP contribution is -2.03. The maximum absolute atomic E-state index is 10.1. The number of benzene rings is 1. The minimum Gasteiger partial charge on any atom is -0.481 e. The van der Waals surface area contributed by atoms with Gasteiger partial charge in [-0.3, -0.25) is 4.79 Å². The van der Waals surface area contributed by atoms with Gasteiger partial charge < -0.3 is 10.2 Å². The van der Waals surface area contributed by atoms with Gasteiger partial charge >= 0.3 is 11.9 Å². The summed E-state index contributed by atoms with van der Waals surface area (Å²) in [4.78, 5) is 19.8. The van der Waals surface area contributed by atoms with Gasteiger partial charge in [0, 0.05) is 6.08 Å². The molecule has 4 heteroatoms. The van der Waals surface area contributed by atoms with Crippen LogP contribution in [0.2, 0.25) is 0 Å². The normalized spacial score (nSPS) is 9.82. The van der Waals surface area contributed by atoms with Crippen LogP contribution in [0.3, 0.4) is 0 Å². The summed E-state index contributed by atoms with van der Waals surface area (Å²) >= 11 is 0. The smallest absolute Gasteiger partial charge is 0.328 e. The van der Waals surface area contributed by atoms with E-state index in [1.807, 2.05) is 30.3 Å². The zero-order valence-electron chi connectivity index (χ0n) is 9.83. The number of hydrogen-bond acceptors (Lipinski definition) is 2. The molecule has 0 heterocycles. The van der Waals surface area contributed by atoms with Crippen molar-refractivity contribution in [2.75, 3.05) is 0 Å². The molecule has 17 heavy (non-hydrogen) atoms. The van der Waals surface area contributed by atoms with E-state index in [0.29, 0.717) is 0 Å². The number of aliphatic carboxylic acids is 2. The molecule has 0 unspecified atom stereocenters. The van der Waals surface area contributed by atoms with Gasteiger partial charge in [-0.2, -0.15) is 0 Å². The van der Waals surface area contributed by atoms with E-state index in [9.17, 15) is 9.59 Å². The third-order valence-electron chi connectivity index (χ3n) is 1.71. The molecule has 0 saturated carbocycles. The third-order valence-corrected chi connectivity index (χ3v) is 1.71. The first-order valence-electron chi connectivity index (χ1n) is 5.12. The first kappa shape index (κ1) is 14.9. The SMILES string of the molecule is CC(C)C(=O)O.O=C(O)C=Cc1ccccc1. The number of carboxylic acid groups (broad SMARTS) is 2. The minimum absolute atomic E-state index is 0.231. The van der Waals surface area contributed by atoms with Crippen molar-refractivity contribution in [1.29, 1.82) is 0 Å². The van der Waals surface area contributed by atoms with Crippen molar-refractivity contribution in [2.45, 2.75) is 13.8 Å². The van der Waals surface area contributed by atoms with Crippen LogP contribution in [0.25, 0.3) is 6.08 Å². The fraction of sp³-hybridized carbons (Fsp3) is 0.231. The van der Waals surface area contributed by atoms with Gasteiger partial charge in [-0.05, 0) is 11.6 Å². The fourth-order valence-corrected chi connectivity index (χ4v) is 0.732. The van der Waals surface area contributed by atoms with Crippen molar-refractivity contribution in [3.63, 3.8) is 0 Å². The van der Waals surface area contributed by atoms with E-state index in [-0.39, 0.29) is 5.92 Å². The second kappa shape index (κ2) is 8.10. The Morgan fingerprint density at radius 3 is 1.94 bits per heavy atom. The van der Waals surface area contributed by atoms with Crippen molar-refractivity contribution in [3.8, 4) is 0 Å². The van der Waals surface area contributed by atoms with Crippen LogP contribution in [-0.2, 0) is 9.59 Å². The summed E-state index contributed by atoms with van der Waals surface area (Å²) in [5.41, 5.74) is 0.898. The Morgan fingerprint density at radius 2 is 1.59 bits per heavy atom. The van der Waals surface area contributed by atoms with Crippen molar-refractivity contribution in [2.24, 2.45) is 5.92 Å². The summed E-state index contributed by atoms with van der Waals surface area (Å²) in [6.45, 7) is 3.28. The van der Waals surface area contributed by atoms with Crippen LogP contribution in [0.5, 0.6) is 0 Å². The molecular weight excluding hydrogens is 220 g/mol. The first-order chi connectivity index (χ1) is 7.93. The quantitative estimate of drug-likeness (QED) is 0.791. The average molecular weight is 236 g/mol. The van der Waals surface area contributed by atoms with Crippen LogP contribution in [0.15, 0.2) is 36.4 Å². The molecule has 1 aromatic rings. The Labute approximate surface area is 100 Å². The topological polar surface area (TPSA) is 74.6 Å². The van der Waals surface area contributed by atoms with E-state index in [2.05, 4.69) is 0 Å². The molecule has 0 aliphatic rings. The molecule has 4 nitrogen and oxygen atoms in total. The first-order valence-corrected chi connectivity index (χ1v) is 5.12. The molecular formula is C13H16O4. The molecule has 0 radical (unpaired) electrons. The Balaban J connectivity index is 0.000000366. The number of rotatable bonds is 3. The molecule has 0 aromatic heterocycles. The zero-order chi connectivity index (χ0) is 13.3. The summed E-state index contributed by atoms with van der Waals surface area (Å²) in [5, 5.41) is 16.3. The molecule has 1 aromatic carbocycles. The second-order valence-electron chi connectivity index (χ2n) is 3.58. The lowest BCUT2D eigenvalue weighted by molar-refractivity contribution is -0.140. The van der Waals surface area contributed by atoms with E-state index < -0.39 is 11.9 Å². The van der Waals surface area contributed by atoms with Gasteiger partial charge in [0.1, 0.15) is 0 Å². The lowest BCUT2D eigenvalue weighted by atomic mass is 10.2. The molecule has 0 atom stereocenters. The summed E-state index contributed by atoms with van der Waals surface area (Å²) in [7, 11) is 0. The fourth-order valence-electron chi connectivity index (χ4n) is 0.732. The van der Waals surface area contributed by atoms with Gasteiger partial charge in [0.15, 0.2) is 0 Å². The molecule has 0 saturated heterocycles. The van der Waals surface area contributed by atoms with Crippen LogP contribution >= 0.6 is 0 Å². The largest absolute Gasteiger partial charge is 0.481 e. The minimum atomic E-state index is -0.922. The predicted octanol–water partition coefficient (Wildman–Crippen LogP) is 2.51. The molecule has 0 aliphatic carbocycles. The van der Waals surface area contributed by atoms with Crippen molar-refractivity contribution in [3.05, 3.63) is 42.0 Å². The Bertz CT molecular complexity index is 380. The van der Waals surface area contributed by atoms with Crippen molar-refractivity contribution < 1.29 is 19.8 Å². The summed E-state index contributed by atoms with van der Waals surface area (Å²) < 4.78 is 0. The molecule has 0 bridgehead atoms. The average Bonchev–Trinajstić information content (AvgIpc) is 2.28. The molecule has 92 valence electrons. The zero-order valence-corrected chi connectivity index (χ0v) is 9.83. The van der Waals surface area contributed by atoms with E-state index in [1.165, 1.54) is 0 Å². The van der Waals surface area contributed by atoms with E-state index in [4.69, 9.17) is 10.2 Å². The monoisotopic (exact) mass is 236 g/mol. The van der Waals surface area contributed by atoms with Crippen LogP contribution in [0.4, 0.5) is 0 Å². The van der Waals surface area contributed by atoms with E-state index in [0.717, 1.165) is 11.6 Å². The van der Waals surface area contributed by atoms with Crippen LogP contribution in [0.1, 0.15) is 19.4 Å². The molecule has 2 N–H and O–H groups in total. The van der Waals surface area contributed by atoms with Crippen LogP contribution < -0.4 is 0 Å². The lowest BCUT2D eigenvalue weighted by Gasteiger charge is -1.89. The van der Waals surface area contributed by atoms with E-state index in [1.54, 1.807) is 19.9 Å². The van der Waals surface area contributed by atoms with Gasteiger partial charge in [-0.25, -0.2) is 4.79 Å². The highest BCUT2D eigenvalue weighted by Crippen LogP contribution is 1.99. The van der Waals surface area contributed by atoms with Gasteiger partial charge in [0.2, 0.25) is 0 Å². The molecule has 0 spiro atoms. The molecule has 1 rings (SSSR count). The Morgan fingerprint density at radius 1 is 1.12 bits per heavy atom. The molecule has 0 aliphatic heterocycles. The standard InChI is InChI=1S/C9H8O2.C4H8O2/c10-9(11)7-6-8-4-2-1-3-5-8;1-3(2)4(5)6/h1-7H,(H,10,11);3H,1-2H3,(H,5,6). The second-order valence-corrected chi connectivity index (χ2v) is 3.58. The summed E-state index contributed by atoms with van der Waals surface area (Å²) in [6, 6.07) is 9.31. The molecule has 0 fully saturated rings. The number of carboxylic acids is 2. The Kier molecular flexibility index (Phi) is 7.10. The van der Waals surface area contributed by atoms with Gasteiger partial charge in [-0.15, -0.1) is 0 Å². The van der Waals surface area contributed by atoms with Crippen molar-refractivity contribution in [1.82, 2.24) is 0 Å². The summed E-state index contributed by atoms with van der Waals surface area (Å²) in [5.74, 6) is -1.89. The number of hydrogen-bond donors (Lipinski definition) is 2. The summed E-state index contributed by atoms with van der Waals surface area (Å²) in [6.07, 6.45) is 2.68. The maximum Gasteiger partial charge on any atom is 0.328 e. The predicted molar refractivity (Wildman–Crippen MR) is 65.6 cm³/mol. The Hall–Kier alpha value is -2.10. The van der Waals surface area contributed by atoms with E-state index >= 15 is 0 Å². The van der Waals surface area contributed by atoms with Crippen LogP contribution in [0, 0.1) is 5.92 Å². The van der Waals surface area contributed by atoms with Gasteiger partial charge in [0.05, 0.1) is 5.92 Å². The highest BCUT2D eigenvalue weighted by molar-refractivity contribution is 5.85. The maximum atomic E-state index is 10.1. The number of carbonyl (C=O) groups is 2. The van der Waals surface area contributed by atoms with Crippen molar-refractivity contribution >= 4 is 18.0 Å². The third kappa shape index (κ3) is 8.87.